The van der Waals surface area contributed by atoms with Gasteiger partial charge in [0, 0.05) is 23.3 Å². The molecule has 0 aliphatic carbocycles. The molecule has 20 nitrogen and oxygen atoms in total. The number of methoxy groups -OCH3 is 1. The molecule has 3 saturated heterocycles. The van der Waals surface area contributed by atoms with E-state index in [1.807, 2.05) is 11.4 Å². The first kappa shape index (κ1) is 38.0. The average molecular weight is 710 g/mol. The number of carboxylic acid groups (broad SMARTS) is 1. The lowest BCUT2D eigenvalue weighted by molar-refractivity contribution is -0.248. The number of fused-ring (bicyclic) bond motifs is 1. The first-order chi connectivity index (χ1) is 22.1. The number of carboxylic acids is 1. The molecule has 3 fully saturated rings. The second-order valence-electron chi connectivity index (χ2n) is 10.1. The summed E-state index contributed by atoms with van der Waals surface area (Å²) in [7, 11) is 1.27. The summed E-state index contributed by atoms with van der Waals surface area (Å²) >= 11 is 2.60. The summed E-state index contributed by atoms with van der Waals surface area (Å²) in [5.74, 6) is -4.71. The molecular weight excluding hydrogens is 674 g/mol. The van der Waals surface area contributed by atoms with Crippen molar-refractivity contribution in [1.82, 2.24) is 15.7 Å². The summed E-state index contributed by atoms with van der Waals surface area (Å²) in [4.78, 5) is 64.3. The molecule has 0 radical (unpaired) electrons. The molecule has 4 amide bonds. The van der Waals surface area contributed by atoms with Gasteiger partial charge in [-0.1, -0.05) is 6.07 Å². The van der Waals surface area contributed by atoms with Crippen molar-refractivity contribution >= 4 is 52.9 Å². The summed E-state index contributed by atoms with van der Waals surface area (Å²) in [6.45, 7) is -1.41. The standard InChI is InChI=1S/C16H17N3O7S2.C6H12O6.C3H6N2O2/c1-25-16(18-10(20)5-9-3-2-4-27-9)13(23)19-11(12(21)22)8(6-26-15(17)24)7-28-14(16)19;7-1-3-4(9)5(10)6(11,2-8)12-3;4-2-1-7-5-3(2)6/h2-4,14H,5-7H2,1H3,(H2,17,24)(H,18,20)(H,21,22);3-5,7-11H,1-2H2;2H,1,4H2,(H,5,6)/t14-,16+;3-,4-,5+,6-;2-/m111/s1. The van der Waals surface area contributed by atoms with Gasteiger partial charge in [0.2, 0.25) is 11.7 Å². The second-order valence-corrected chi connectivity index (χ2v) is 12.2. The highest BCUT2D eigenvalue weighted by molar-refractivity contribution is 8.00. The molecule has 0 aromatic carbocycles. The number of nitrogens with two attached hydrogens (primary N) is 2. The van der Waals surface area contributed by atoms with E-state index in [1.54, 1.807) is 6.07 Å². The number of hydrogen-bond acceptors (Lipinski definition) is 17. The van der Waals surface area contributed by atoms with E-state index in [9.17, 15) is 34.2 Å². The molecule has 7 atom stereocenters. The molecule has 5 heterocycles. The Balaban J connectivity index is 0.000000257. The largest absolute Gasteiger partial charge is 0.477 e. The predicted octanol–water partition coefficient (Wildman–Crippen LogP) is -4.75. The number of nitrogens with one attached hydrogen (secondary N) is 2. The summed E-state index contributed by atoms with van der Waals surface area (Å²) in [6.07, 6.45) is -5.01. The van der Waals surface area contributed by atoms with Gasteiger partial charge in [-0.2, -0.15) is 0 Å². The molecule has 4 aliphatic rings. The minimum atomic E-state index is -2.16. The Morgan fingerprint density at radius 1 is 1.26 bits per heavy atom. The van der Waals surface area contributed by atoms with Crippen molar-refractivity contribution < 1.29 is 73.7 Å². The monoisotopic (exact) mass is 709 g/mol. The quantitative estimate of drug-likeness (QED) is 0.0850. The number of thioether (sulfide) groups is 1. The van der Waals surface area contributed by atoms with Crippen molar-refractivity contribution in [3.63, 3.8) is 0 Å². The van der Waals surface area contributed by atoms with Gasteiger partial charge in [0.05, 0.1) is 26.2 Å². The first-order valence-corrected chi connectivity index (χ1v) is 15.4. The summed E-state index contributed by atoms with van der Waals surface area (Å²) in [5.41, 5.74) is 10.4. The van der Waals surface area contributed by atoms with Crippen LogP contribution in [0.15, 0.2) is 28.8 Å². The third kappa shape index (κ3) is 8.36. The summed E-state index contributed by atoms with van der Waals surface area (Å²) < 4.78 is 14.6. The van der Waals surface area contributed by atoms with Crippen LogP contribution in [0.5, 0.6) is 0 Å². The van der Waals surface area contributed by atoms with Crippen LogP contribution in [0.4, 0.5) is 4.79 Å². The Labute approximate surface area is 274 Å². The number of aliphatic hydroxyl groups is 5. The van der Waals surface area contributed by atoms with Crippen molar-refractivity contribution in [1.29, 1.82) is 0 Å². The molecule has 0 bridgehead atoms. The van der Waals surface area contributed by atoms with Crippen molar-refractivity contribution in [3.8, 4) is 0 Å². The van der Waals surface area contributed by atoms with E-state index in [-0.39, 0.29) is 36.0 Å². The maximum Gasteiger partial charge on any atom is 0.404 e. The smallest absolute Gasteiger partial charge is 0.404 e. The van der Waals surface area contributed by atoms with Crippen molar-refractivity contribution in [2.75, 3.05) is 39.3 Å². The summed E-state index contributed by atoms with van der Waals surface area (Å²) in [5, 5.41) is 57.9. The molecular formula is C25H35N5O15S2. The number of amides is 4. The Kier molecular flexibility index (Phi) is 13.0. The minimum absolute atomic E-state index is 0.0762. The number of ether oxygens (including phenoxy) is 3. The van der Waals surface area contributed by atoms with Crippen LogP contribution in [0.25, 0.3) is 0 Å². The third-order valence-corrected chi connectivity index (χ3v) is 9.21. The number of carbonyl (C=O) groups excluding carboxylic acids is 4. The normalized spacial score (nSPS) is 31.0. The van der Waals surface area contributed by atoms with E-state index in [0.717, 1.165) is 9.78 Å². The molecule has 1 aromatic heterocycles. The predicted molar refractivity (Wildman–Crippen MR) is 157 cm³/mol. The first-order valence-electron chi connectivity index (χ1n) is 13.5. The molecule has 4 aliphatic heterocycles. The number of aliphatic carboxylic acids is 1. The molecule has 262 valence electrons. The fourth-order valence-corrected chi connectivity index (χ4v) is 6.66. The van der Waals surface area contributed by atoms with Gasteiger partial charge in [-0.25, -0.2) is 15.1 Å². The van der Waals surface area contributed by atoms with Crippen LogP contribution in [0.2, 0.25) is 0 Å². The molecule has 47 heavy (non-hydrogen) atoms. The highest BCUT2D eigenvalue weighted by Crippen LogP contribution is 2.46. The fourth-order valence-electron chi connectivity index (χ4n) is 4.54. The molecule has 22 heteroatoms. The van der Waals surface area contributed by atoms with Crippen LogP contribution in [0.3, 0.4) is 0 Å². The zero-order valence-corrected chi connectivity index (χ0v) is 26.3. The molecule has 0 saturated carbocycles. The van der Waals surface area contributed by atoms with Crippen molar-refractivity contribution in [3.05, 3.63) is 33.7 Å². The van der Waals surface area contributed by atoms with Gasteiger partial charge in [0.1, 0.15) is 42.0 Å². The number of hydroxylamine groups is 1. The van der Waals surface area contributed by atoms with Crippen LogP contribution < -0.4 is 22.3 Å². The van der Waals surface area contributed by atoms with Crippen LogP contribution in [-0.2, 0) is 44.6 Å². The number of primary amides is 1. The maximum absolute atomic E-state index is 12.8. The van der Waals surface area contributed by atoms with Crippen LogP contribution >= 0.6 is 23.1 Å². The van der Waals surface area contributed by atoms with E-state index >= 15 is 0 Å². The van der Waals surface area contributed by atoms with Crippen molar-refractivity contribution in [2.24, 2.45) is 11.5 Å². The highest BCUT2D eigenvalue weighted by atomic mass is 32.2. The molecule has 0 unspecified atom stereocenters. The number of rotatable bonds is 9. The van der Waals surface area contributed by atoms with E-state index in [0.29, 0.717) is 6.61 Å². The fraction of sp³-hybridized carbons (Fsp3) is 0.560. The van der Waals surface area contributed by atoms with Crippen molar-refractivity contribution in [2.45, 2.75) is 47.7 Å². The van der Waals surface area contributed by atoms with Gasteiger partial charge in [0.25, 0.3) is 17.5 Å². The zero-order valence-electron chi connectivity index (χ0n) is 24.6. The minimum Gasteiger partial charge on any atom is -0.477 e. The Morgan fingerprint density at radius 2 is 1.96 bits per heavy atom. The number of hydrogen-bond donors (Lipinski definition) is 10. The maximum atomic E-state index is 12.8. The Morgan fingerprint density at radius 3 is 2.38 bits per heavy atom. The number of aliphatic hydroxyl groups excluding tert-OH is 4. The average Bonchev–Trinajstić information content (AvgIpc) is 3.75. The lowest BCUT2D eigenvalue weighted by Crippen LogP contribution is -2.80. The van der Waals surface area contributed by atoms with Gasteiger partial charge in [-0.15, -0.1) is 23.1 Å². The Bertz CT molecular complexity index is 1350. The number of nitrogens with zero attached hydrogens (tertiary/aromatic N) is 1. The van der Waals surface area contributed by atoms with Gasteiger partial charge in [-0.3, -0.25) is 24.1 Å². The SMILES string of the molecule is CO[C@@]1(NC(=O)Cc2cccs2)C(=O)N2C(C(=O)O)=C(COC(N)=O)CS[C@@H]21.N[C@@H]1CONC1=O.OC[C@H]1O[C@](O)(CO)[C@@H](O)[C@@H]1O. The Hall–Kier alpha value is -3.42. The number of carbonyl (C=O) groups is 5. The number of β-lactam (4-membered cyclic amide) rings is 1. The van der Waals surface area contributed by atoms with Gasteiger partial charge in [0.15, 0.2) is 0 Å². The molecule has 12 N–H and O–H groups in total. The van der Waals surface area contributed by atoms with E-state index < -0.39 is 78.3 Å². The second kappa shape index (κ2) is 16.1. The van der Waals surface area contributed by atoms with Gasteiger partial charge >= 0.3 is 12.1 Å². The van der Waals surface area contributed by atoms with Crippen LogP contribution in [-0.4, -0.2) is 146 Å². The third-order valence-electron chi connectivity index (χ3n) is 6.96. The lowest BCUT2D eigenvalue weighted by Gasteiger charge is -2.55. The molecule has 0 spiro atoms. The topological polar surface area (TPSA) is 323 Å². The van der Waals surface area contributed by atoms with E-state index in [1.165, 1.54) is 30.2 Å². The highest BCUT2D eigenvalue weighted by Gasteiger charge is 2.66. The summed E-state index contributed by atoms with van der Waals surface area (Å²) in [6, 6.07) is 3.15. The van der Waals surface area contributed by atoms with E-state index in [4.69, 9.17) is 36.6 Å². The van der Waals surface area contributed by atoms with Crippen LogP contribution in [0, 0.1) is 0 Å². The zero-order chi connectivity index (χ0) is 35.1. The molecule has 5 rings (SSSR count). The van der Waals surface area contributed by atoms with Gasteiger partial charge < -0.3 is 61.6 Å². The van der Waals surface area contributed by atoms with Gasteiger partial charge in [-0.05, 0) is 11.4 Å². The molecule has 1 aromatic rings. The number of thiophene rings is 1. The van der Waals surface area contributed by atoms with Crippen LogP contribution in [0.1, 0.15) is 4.88 Å². The lowest BCUT2D eigenvalue weighted by atomic mass is 9.98. The van der Waals surface area contributed by atoms with E-state index in [2.05, 4.69) is 25.1 Å².